The van der Waals surface area contributed by atoms with Crippen molar-refractivity contribution in [1.82, 2.24) is 18.7 Å². The van der Waals surface area contributed by atoms with Crippen LogP contribution in [0.2, 0.25) is 0 Å². The predicted octanol–water partition coefficient (Wildman–Crippen LogP) is 17.8. The summed E-state index contributed by atoms with van der Waals surface area (Å²) in [6.45, 7) is 17.0. The van der Waals surface area contributed by atoms with Gasteiger partial charge in [-0.2, -0.15) is 0 Å². The second-order valence-corrected chi connectivity index (χ2v) is 21.0. The van der Waals surface area contributed by atoms with Crippen LogP contribution in [0.3, 0.4) is 0 Å². The Morgan fingerprint density at radius 3 is 1.79 bits per heavy atom. The lowest BCUT2D eigenvalue weighted by Gasteiger charge is -2.22. The number of ether oxygens (including phenoxy) is 1. The van der Waals surface area contributed by atoms with E-state index in [1.807, 2.05) is 92.8 Å². The molecule has 0 atom stereocenters. The Morgan fingerprint density at radius 2 is 1.14 bits per heavy atom. The monoisotopic (exact) mass is 947 g/mol. The number of hydrogen-bond donors (Lipinski definition) is 0. The maximum atomic E-state index is 14.7. The van der Waals surface area contributed by atoms with Crippen LogP contribution in [-0.4, -0.2) is 15.6 Å². The average Bonchev–Trinajstić information content (AvgIpc) is 3.92. The molecule has 1 aliphatic rings. The van der Waals surface area contributed by atoms with Gasteiger partial charge < -0.3 is 4.74 Å². The quantitative estimate of drug-likeness (QED) is 0.135. The Bertz CT molecular complexity index is 3820. The number of fused-ring (bicyclic) bond motifs is 4. The lowest BCUT2D eigenvalue weighted by Crippen LogP contribution is -2.13. The topological polar surface area (TPSA) is 33.1 Å². The maximum Gasteiger partial charge on any atom is 0.503 e. The molecule has 0 N–H and O–H groups in total. The lowest BCUT2D eigenvalue weighted by molar-refractivity contribution is 0.483. The first kappa shape index (κ1) is 44.9. The highest BCUT2D eigenvalue weighted by molar-refractivity contribution is 6.09. The van der Waals surface area contributed by atoms with E-state index in [2.05, 4.69) is 146 Å². The van der Waals surface area contributed by atoms with Crippen LogP contribution in [0.5, 0.6) is 11.5 Å². The van der Waals surface area contributed by atoms with Gasteiger partial charge >= 0.3 is 6.01 Å². The summed E-state index contributed by atoms with van der Waals surface area (Å²) in [6.07, 6.45) is 1.89. The van der Waals surface area contributed by atoms with Crippen LogP contribution in [0.4, 0.5) is 31.5 Å². The molecule has 1 aliphatic heterocycles. The molecule has 2 aromatic heterocycles. The molecule has 354 valence electrons. The normalized spacial score (nSPS) is 13.0. The van der Waals surface area contributed by atoms with E-state index < -0.39 is 5.89 Å². The Morgan fingerprint density at radius 1 is 0.542 bits per heavy atom. The Labute approximate surface area is 421 Å². The molecular weight excluding hydrogens is 891 g/mol. The van der Waals surface area contributed by atoms with Crippen molar-refractivity contribution in [1.29, 1.82) is 0 Å². The molecule has 0 bridgehead atoms. The van der Waals surface area contributed by atoms with Crippen molar-refractivity contribution in [3.05, 3.63) is 217 Å². The molecule has 7 heteroatoms. The van der Waals surface area contributed by atoms with Gasteiger partial charge in [-0.25, -0.2) is 13.8 Å². The van der Waals surface area contributed by atoms with Crippen molar-refractivity contribution in [2.24, 2.45) is 0 Å². The lowest BCUT2D eigenvalue weighted by atomic mass is 9.82. The SMILES string of the molecule is [2H]C(C)(C)c1ccccc1-c1cc(Oc2ccc3c4ccccc4n(-c4cc(C(C)(C)C)ccn4)c3c2)cc([N+]2=C=[N+](c3c(-c4ccc(F)cc4)cc(C(C)(C)C)cc3-c3ccc(F)cc3)c3ccccc32)c1. The number of para-hydroxylation sites is 3. The van der Waals surface area contributed by atoms with Gasteiger partial charge in [0, 0.05) is 42.6 Å². The van der Waals surface area contributed by atoms with Gasteiger partial charge in [-0.05, 0) is 138 Å². The summed E-state index contributed by atoms with van der Waals surface area (Å²) < 4.78 is 52.0. The number of nitrogens with zero attached hydrogens (tertiary/aromatic N) is 4. The third-order valence-corrected chi connectivity index (χ3v) is 13.7. The molecule has 0 fully saturated rings. The van der Waals surface area contributed by atoms with Gasteiger partial charge in [-0.15, -0.1) is 0 Å². The van der Waals surface area contributed by atoms with Gasteiger partial charge in [0.05, 0.1) is 28.2 Å². The van der Waals surface area contributed by atoms with Crippen LogP contribution in [0.15, 0.2) is 188 Å². The number of rotatable bonds is 9. The second-order valence-electron chi connectivity index (χ2n) is 21.0. The predicted molar refractivity (Wildman–Crippen MR) is 294 cm³/mol. The highest BCUT2D eigenvalue weighted by atomic mass is 19.1. The molecule has 0 spiro atoms. The van der Waals surface area contributed by atoms with Gasteiger partial charge in [0.1, 0.15) is 29.0 Å². The summed E-state index contributed by atoms with van der Waals surface area (Å²) in [6, 6.07) is 62.7. The number of aromatic nitrogens is 2. The number of halogens is 2. The van der Waals surface area contributed by atoms with Crippen molar-refractivity contribution in [3.8, 4) is 50.7 Å². The zero-order valence-electron chi connectivity index (χ0n) is 42.9. The van der Waals surface area contributed by atoms with E-state index in [1.54, 1.807) is 0 Å². The smallest absolute Gasteiger partial charge is 0.457 e. The largest absolute Gasteiger partial charge is 0.503 e. The van der Waals surface area contributed by atoms with E-state index in [0.717, 1.165) is 94.9 Å². The van der Waals surface area contributed by atoms with Crippen molar-refractivity contribution < 1.29 is 14.9 Å². The molecule has 10 aromatic rings. The molecule has 3 heterocycles. The molecule has 0 aliphatic carbocycles. The molecule has 5 nitrogen and oxygen atoms in total. The van der Waals surface area contributed by atoms with Gasteiger partial charge in [-0.1, -0.05) is 134 Å². The maximum absolute atomic E-state index is 14.7. The molecule has 0 saturated carbocycles. The third kappa shape index (κ3) is 8.50. The van der Waals surface area contributed by atoms with E-state index in [1.165, 1.54) is 29.8 Å². The van der Waals surface area contributed by atoms with Crippen LogP contribution in [-0.2, 0) is 10.8 Å². The van der Waals surface area contributed by atoms with Crippen LogP contribution in [0.1, 0.15) is 79.3 Å². The summed E-state index contributed by atoms with van der Waals surface area (Å²) in [5.74, 6) is 0.494. The minimum Gasteiger partial charge on any atom is -0.457 e. The molecule has 8 aromatic carbocycles. The number of benzene rings is 8. The van der Waals surface area contributed by atoms with Crippen molar-refractivity contribution in [2.45, 2.75) is 72.1 Å². The van der Waals surface area contributed by atoms with Crippen LogP contribution < -0.4 is 13.9 Å². The fourth-order valence-electron chi connectivity index (χ4n) is 9.93. The summed E-state index contributed by atoms with van der Waals surface area (Å²) in [7, 11) is 0. The van der Waals surface area contributed by atoms with E-state index in [0.29, 0.717) is 11.5 Å². The molecule has 0 amide bonds. The third-order valence-electron chi connectivity index (χ3n) is 13.7. The highest BCUT2D eigenvalue weighted by Crippen LogP contribution is 2.48. The van der Waals surface area contributed by atoms with Gasteiger partial charge in [0.2, 0.25) is 11.4 Å². The Kier molecular flexibility index (Phi) is 11.1. The molecule has 0 saturated heterocycles. The molecule has 0 unspecified atom stereocenters. The number of hydrogen-bond acceptors (Lipinski definition) is 2. The van der Waals surface area contributed by atoms with E-state index in [9.17, 15) is 10.2 Å². The van der Waals surface area contributed by atoms with Crippen molar-refractivity contribution in [2.75, 3.05) is 0 Å². The molecular formula is C65H56F2N4O+2. The highest BCUT2D eigenvalue weighted by Gasteiger charge is 2.40. The summed E-state index contributed by atoms with van der Waals surface area (Å²) in [5, 5.41) is 2.20. The Balaban J connectivity index is 1.15. The second kappa shape index (κ2) is 17.9. The van der Waals surface area contributed by atoms with E-state index in [4.69, 9.17) is 9.72 Å². The first-order valence-corrected chi connectivity index (χ1v) is 24.5. The average molecular weight is 948 g/mol. The fraction of sp³-hybridized carbons (Fsp3) is 0.169. The first-order chi connectivity index (χ1) is 34.9. The number of pyridine rings is 1. The van der Waals surface area contributed by atoms with Gasteiger partial charge in [0.15, 0.2) is 0 Å². The van der Waals surface area contributed by atoms with Crippen LogP contribution >= 0.6 is 0 Å². The van der Waals surface area contributed by atoms with Crippen LogP contribution in [0, 0.1) is 11.6 Å². The zero-order chi connectivity index (χ0) is 51.0. The minimum absolute atomic E-state index is 0.0738. The van der Waals surface area contributed by atoms with Crippen molar-refractivity contribution in [3.63, 3.8) is 0 Å². The van der Waals surface area contributed by atoms with E-state index in [-0.39, 0.29) is 22.5 Å². The van der Waals surface area contributed by atoms with Gasteiger partial charge in [0.25, 0.3) is 11.4 Å². The van der Waals surface area contributed by atoms with Crippen LogP contribution in [0.25, 0.3) is 61.0 Å². The standard InChI is InChI=1S/C65H56F2N4O/c1-41(2)52-15-9-10-16-53(52)44-33-49(38-51(34-44)72-50-29-30-55-54-17-11-12-18-58(54)71(61(55)39-50)62-37-45(31-32-68-62)64(3,4)5)69-40-70(60-20-14-13-19-59(60)69)63-56(42-21-25-47(66)26-22-42)35-46(65(6,7)8)36-57(63)43-23-27-48(67)28-24-43/h9-39,41H,1-8H3/q+2/i41D. The summed E-state index contributed by atoms with van der Waals surface area (Å²) in [5.41, 5.74) is 13.3. The van der Waals surface area contributed by atoms with E-state index >= 15 is 0 Å². The molecule has 72 heavy (non-hydrogen) atoms. The molecule has 11 rings (SSSR count). The van der Waals surface area contributed by atoms with Crippen molar-refractivity contribution >= 4 is 50.6 Å². The first-order valence-electron chi connectivity index (χ1n) is 25.0. The zero-order valence-corrected chi connectivity index (χ0v) is 41.9. The summed E-state index contributed by atoms with van der Waals surface area (Å²) in [4.78, 5) is 4.91. The fourth-order valence-corrected chi connectivity index (χ4v) is 9.93. The summed E-state index contributed by atoms with van der Waals surface area (Å²) >= 11 is 0. The Hall–Kier alpha value is -8.25. The van der Waals surface area contributed by atoms with Gasteiger partial charge in [-0.3, -0.25) is 4.57 Å². The minimum atomic E-state index is -0.910. The molecule has 0 radical (unpaired) electrons.